The Morgan fingerprint density at radius 3 is 2.24 bits per heavy atom. The smallest absolute Gasteiger partial charge is 0.291 e. The van der Waals surface area contributed by atoms with Gasteiger partial charge in [-0.2, -0.15) is 9.50 Å². The highest BCUT2D eigenvalue weighted by molar-refractivity contribution is 9.10. The normalized spacial score (nSPS) is 11.8. The zero-order chi connectivity index (χ0) is 20.5. The second-order valence-corrected chi connectivity index (χ2v) is 7.94. The van der Waals surface area contributed by atoms with E-state index in [0.717, 1.165) is 10.0 Å². The number of methoxy groups -OCH3 is 3. The van der Waals surface area contributed by atoms with Gasteiger partial charge in [-0.15, -0.1) is 5.10 Å². The highest BCUT2D eigenvalue weighted by atomic mass is 79.9. The van der Waals surface area contributed by atoms with E-state index in [0.29, 0.717) is 38.1 Å². The molecule has 0 N–H and O–H groups in total. The Labute approximate surface area is 178 Å². The molecule has 0 amide bonds. The number of benzene rings is 2. The molecule has 0 saturated carbocycles. The van der Waals surface area contributed by atoms with Crippen molar-refractivity contribution >= 4 is 38.3 Å². The molecule has 0 fully saturated rings. The molecule has 0 spiro atoms. The number of fused-ring (bicyclic) bond motifs is 1. The second kappa shape index (κ2) is 7.84. The average Bonchev–Trinajstić information content (AvgIpc) is 3.28. The Morgan fingerprint density at radius 2 is 1.69 bits per heavy atom. The molecular weight excluding hydrogens is 458 g/mol. The minimum absolute atomic E-state index is 0.209. The van der Waals surface area contributed by atoms with Crippen molar-refractivity contribution < 1.29 is 14.2 Å². The lowest BCUT2D eigenvalue weighted by atomic mass is 10.1. The van der Waals surface area contributed by atoms with E-state index in [1.807, 2.05) is 30.3 Å². The van der Waals surface area contributed by atoms with Crippen molar-refractivity contribution in [3.05, 3.63) is 61.3 Å². The van der Waals surface area contributed by atoms with Crippen LogP contribution in [0, 0.1) is 0 Å². The molecule has 2 aromatic carbocycles. The van der Waals surface area contributed by atoms with Crippen molar-refractivity contribution in [3.8, 4) is 28.6 Å². The van der Waals surface area contributed by atoms with Gasteiger partial charge < -0.3 is 14.2 Å². The van der Waals surface area contributed by atoms with E-state index in [4.69, 9.17) is 14.2 Å². The third kappa shape index (κ3) is 3.58. The van der Waals surface area contributed by atoms with Gasteiger partial charge in [-0.3, -0.25) is 4.79 Å². The molecule has 0 radical (unpaired) electrons. The molecule has 0 aliphatic rings. The molecule has 2 heterocycles. The molecule has 0 aliphatic heterocycles. The van der Waals surface area contributed by atoms with Gasteiger partial charge in [0.25, 0.3) is 5.56 Å². The first-order chi connectivity index (χ1) is 14.0. The summed E-state index contributed by atoms with van der Waals surface area (Å²) in [5, 5.41) is 4.39. The molecular formula is C20H16BrN3O4S. The minimum atomic E-state index is -0.209. The minimum Gasteiger partial charge on any atom is -0.493 e. The van der Waals surface area contributed by atoms with Crippen LogP contribution in [0.5, 0.6) is 17.2 Å². The molecule has 0 aliphatic carbocycles. The standard InChI is InChI=1S/C20H16BrN3O4S/c1-26-14-9-12(10-15(27-2)17(14)28-3)18-22-20-24(23-18)19(25)16(29-20)8-11-4-6-13(21)7-5-11/h4-10H,1-3H3. The van der Waals surface area contributed by atoms with Gasteiger partial charge >= 0.3 is 0 Å². The largest absolute Gasteiger partial charge is 0.493 e. The highest BCUT2D eigenvalue weighted by Gasteiger charge is 2.18. The average molecular weight is 474 g/mol. The third-order valence-electron chi connectivity index (χ3n) is 4.27. The van der Waals surface area contributed by atoms with Crippen LogP contribution in [0.2, 0.25) is 0 Å². The molecule has 29 heavy (non-hydrogen) atoms. The number of rotatable bonds is 5. The number of nitrogens with zero attached hydrogens (tertiary/aromatic N) is 3. The summed E-state index contributed by atoms with van der Waals surface area (Å²) >= 11 is 4.69. The summed E-state index contributed by atoms with van der Waals surface area (Å²) in [5.74, 6) is 1.87. The maximum Gasteiger partial charge on any atom is 0.291 e. The zero-order valence-corrected chi connectivity index (χ0v) is 18.2. The maximum absolute atomic E-state index is 12.8. The predicted octanol–water partition coefficient (Wildman–Crippen LogP) is 3.15. The molecule has 0 bridgehead atoms. The summed E-state index contributed by atoms with van der Waals surface area (Å²) in [6.07, 6.45) is 1.83. The van der Waals surface area contributed by atoms with Gasteiger partial charge in [0.1, 0.15) is 0 Å². The lowest BCUT2D eigenvalue weighted by Crippen LogP contribution is -2.23. The number of hydrogen-bond acceptors (Lipinski definition) is 7. The monoisotopic (exact) mass is 473 g/mol. The lowest BCUT2D eigenvalue weighted by Gasteiger charge is -2.12. The lowest BCUT2D eigenvalue weighted by molar-refractivity contribution is 0.324. The van der Waals surface area contributed by atoms with E-state index >= 15 is 0 Å². The quantitative estimate of drug-likeness (QED) is 0.443. The summed E-state index contributed by atoms with van der Waals surface area (Å²) in [6, 6.07) is 11.2. The topological polar surface area (TPSA) is 75.0 Å². The highest BCUT2D eigenvalue weighted by Crippen LogP contribution is 2.40. The summed E-state index contributed by atoms with van der Waals surface area (Å²) in [7, 11) is 4.62. The summed E-state index contributed by atoms with van der Waals surface area (Å²) in [4.78, 5) is 17.8. The van der Waals surface area contributed by atoms with Crippen molar-refractivity contribution in [2.45, 2.75) is 0 Å². The number of aromatic nitrogens is 3. The number of halogens is 1. The van der Waals surface area contributed by atoms with Gasteiger partial charge in [0, 0.05) is 10.0 Å². The van der Waals surface area contributed by atoms with Crippen molar-refractivity contribution in [1.82, 2.24) is 14.6 Å². The third-order valence-corrected chi connectivity index (χ3v) is 5.76. The van der Waals surface area contributed by atoms with Crippen LogP contribution in [0.15, 0.2) is 45.7 Å². The van der Waals surface area contributed by atoms with Crippen LogP contribution in [0.25, 0.3) is 22.4 Å². The van der Waals surface area contributed by atoms with E-state index < -0.39 is 0 Å². The van der Waals surface area contributed by atoms with Crippen molar-refractivity contribution in [2.24, 2.45) is 0 Å². The Balaban J connectivity index is 1.80. The molecule has 4 rings (SSSR count). The van der Waals surface area contributed by atoms with Crippen LogP contribution in [0.3, 0.4) is 0 Å². The fourth-order valence-electron chi connectivity index (χ4n) is 2.88. The first-order valence-electron chi connectivity index (χ1n) is 8.51. The summed E-state index contributed by atoms with van der Waals surface area (Å²) in [5.41, 5.74) is 1.38. The second-order valence-electron chi connectivity index (χ2n) is 6.01. The number of hydrogen-bond donors (Lipinski definition) is 0. The van der Waals surface area contributed by atoms with Crippen LogP contribution < -0.4 is 24.3 Å². The summed E-state index contributed by atoms with van der Waals surface area (Å²) in [6.45, 7) is 0. The van der Waals surface area contributed by atoms with Crippen LogP contribution in [0.4, 0.5) is 0 Å². The van der Waals surface area contributed by atoms with Gasteiger partial charge in [-0.25, -0.2) is 0 Å². The van der Waals surface area contributed by atoms with Gasteiger partial charge in [-0.1, -0.05) is 39.4 Å². The van der Waals surface area contributed by atoms with Gasteiger partial charge in [0.05, 0.1) is 25.9 Å². The molecule has 7 nitrogen and oxygen atoms in total. The zero-order valence-electron chi connectivity index (χ0n) is 15.8. The molecule has 0 atom stereocenters. The van der Waals surface area contributed by atoms with Crippen LogP contribution >= 0.6 is 27.3 Å². The maximum atomic E-state index is 12.8. The predicted molar refractivity (Wildman–Crippen MR) is 115 cm³/mol. The van der Waals surface area contributed by atoms with Crippen LogP contribution in [-0.2, 0) is 0 Å². The van der Waals surface area contributed by atoms with E-state index in [-0.39, 0.29) is 5.56 Å². The molecule has 2 aromatic heterocycles. The van der Waals surface area contributed by atoms with Crippen molar-refractivity contribution in [3.63, 3.8) is 0 Å². The molecule has 9 heteroatoms. The van der Waals surface area contributed by atoms with Crippen LogP contribution in [-0.4, -0.2) is 35.9 Å². The first kappa shape index (κ1) is 19.4. The first-order valence-corrected chi connectivity index (χ1v) is 10.1. The molecule has 4 aromatic rings. The van der Waals surface area contributed by atoms with Crippen molar-refractivity contribution in [1.29, 1.82) is 0 Å². The molecule has 0 saturated heterocycles. The molecule has 0 unspecified atom stereocenters. The van der Waals surface area contributed by atoms with Crippen molar-refractivity contribution in [2.75, 3.05) is 21.3 Å². The van der Waals surface area contributed by atoms with E-state index in [2.05, 4.69) is 26.0 Å². The van der Waals surface area contributed by atoms with Gasteiger partial charge in [0.15, 0.2) is 17.3 Å². The fourth-order valence-corrected chi connectivity index (χ4v) is 4.05. The SMILES string of the molecule is COc1cc(-c2nc3sc(=Cc4ccc(Br)cc4)c(=O)n3n2)cc(OC)c1OC. The Hall–Kier alpha value is -2.91. The van der Waals surface area contributed by atoms with E-state index in [9.17, 15) is 4.79 Å². The van der Waals surface area contributed by atoms with E-state index in [1.54, 1.807) is 26.4 Å². The van der Waals surface area contributed by atoms with E-state index in [1.165, 1.54) is 23.0 Å². The number of thiazole rings is 1. The fraction of sp³-hybridized carbons (Fsp3) is 0.150. The Kier molecular flexibility index (Phi) is 5.25. The summed E-state index contributed by atoms with van der Waals surface area (Å²) < 4.78 is 19.0. The Morgan fingerprint density at radius 1 is 1.03 bits per heavy atom. The van der Waals surface area contributed by atoms with Crippen LogP contribution in [0.1, 0.15) is 5.56 Å². The number of ether oxygens (including phenoxy) is 3. The Bertz CT molecular complexity index is 1270. The molecule has 148 valence electrons. The van der Waals surface area contributed by atoms with Gasteiger partial charge in [0.2, 0.25) is 10.7 Å². The van der Waals surface area contributed by atoms with Gasteiger partial charge in [-0.05, 0) is 35.9 Å².